The first kappa shape index (κ1) is 35.3. The molecule has 2 fully saturated rings. The highest BCUT2D eigenvalue weighted by Gasteiger charge is 2.55. The summed E-state index contributed by atoms with van der Waals surface area (Å²) >= 11 is 5.24. The molecule has 5 aromatic rings. The van der Waals surface area contributed by atoms with Crippen LogP contribution in [0.5, 0.6) is 0 Å². The van der Waals surface area contributed by atoms with E-state index in [0.717, 1.165) is 32.5 Å². The third kappa shape index (κ3) is 7.02. The van der Waals surface area contributed by atoms with Crippen molar-refractivity contribution in [2.24, 2.45) is 11.8 Å². The number of nitrogens with zero attached hydrogens (tertiary/aromatic N) is 2. The summed E-state index contributed by atoms with van der Waals surface area (Å²) in [6, 6.07) is 27.7. The van der Waals surface area contributed by atoms with Crippen LogP contribution in [-0.4, -0.2) is 17.1 Å². The van der Waals surface area contributed by atoms with E-state index in [-0.39, 0.29) is 5.57 Å². The third-order valence-electron chi connectivity index (χ3n) is 11.9. The third-order valence-corrected chi connectivity index (χ3v) is 15.5. The molecule has 0 amide bonds. The summed E-state index contributed by atoms with van der Waals surface area (Å²) in [6.07, 6.45) is 20.1. The summed E-state index contributed by atoms with van der Waals surface area (Å²) < 4.78 is 2.28. The van der Waals surface area contributed by atoms with Gasteiger partial charge in [-0.3, -0.25) is 0 Å². The number of benzene rings is 2. The van der Waals surface area contributed by atoms with Crippen molar-refractivity contribution in [1.29, 1.82) is 5.26 Å². The fourth-order valence-electron chi connectivity index (χ4n) is 9.41. The van der Waals surface area contributed by atoms with Crippen LogP contribution in [0.15, 0.2) is 72.3 Å². The van der Waals surface area contributed by atoms with E-state index in [0.29, 0.717) is 12.0 Å². The number of unbranched alkanes of at least 4 members (excludes halogenated alkanes) is 9. The van der Waals surface area contributed by atoms with Gasteiger partial charge in [0.05, 0.1) is 0 Å². The fourth-order valence-corrected chi connectivity index (χ4v) is 13.1. The first-order chi connectivity index (χ1) is 25.5. The lowest BCUT2D eigenvalue weighted by atomic mass is 9.82. The van der Waals surface area contributed by atoms with Gasteiger partial charge in [-0.1, -0.05) is 95.0 Å². The molecular formula is C45H48N2O2S3. The number of thiophene rings is 3. The molecule has 4 heterocycles. The van der Waals surface area contributed by atoms with Crippen LogP contribution in [-0.2, 0) is 11.2 Å². The second-order valence-corrected chi connectivity index (χ2v) is 18.4. The van der Waals surface area contributed by atoms with Crippen LogP contribution in [0, 0.1) is 23.2 Å². The standard InChI is InChI=1S/C45H48N2O2S3/c1-2-3-4-5-6-7-8-9-10-11-14-32-25-38(52-44(32)41-27-40-39(51-41)26-35(50-40)24-33(28-46)45(48)49)29-19-21-34(22-20-29)47-37-16-13-12-15-36(37)42-30-17-18-31(23-30)43(42)47/h12-13,15-16,19-22,24-27,30-31,42-43H,2-11,14,17-18,23H2,1H3,(H,48,49)/b33-24-. The molecule has 4 nitrogen and oxygen atoms in total. The van der Waals surface area contributed by atoms with Crippen molar-refractivity contribution in [3.63, 3.8) is 0 Å². The first-order valence-corrected chi connectivity index (χ1v) is 22.0. The quantitative estimate of drug-likeness (QED) is 0.0621. The SMILES string of the molecule is CCCCCCCCCCCCc1cc(-c2ccc(N3c4ccccc4C4C5CCC(C5)C43)cc2)sc1-c1cc2sc(/C=C(/C#N)C(=O)O)cc2s1. The second-order valence-electron chi connectivity index (χ2n) is 15.2. The lowest BCUT2D eigenvalue weighted by Gasteiger charge is -2.33. The molecule has 0 spiro atoms. The van der Waals surface area contributed by atoms with Crippen molar-refractivity contribution in [2.75, 3.05) is 4.90 Å². The smallest absolute Gasteiger partial charge is 0.346 e. The molecule has 3 aliphatic rings. The average molecular weight is 745 g/mol. The molecule has 3 aromatic heterocycles. The van der Waals surface area contributed by atoms with Gasteiger partial charge in [0.1, 0.15) is 11.6 Å². The van der Waals surface area contributed by atoms with Crippen LogP contribution >= 0.6 is 34.0 Å². The van der Waals surface area contributed by atoms with Gasteiger partial charge in [0.25, 0.3) is 0 Å². The predicted molar refractivity (Wildman–Crippen MR) is 221 cm³/mol. The highest BCUT2D eigenvalue weighted by atomic mass is 32.1. The molecule has 1 N–H and O–H groups in total. The minimum Gasteiger partial charge on any atom is -0.477 e. The number of hydrogen-bond acceptors (Lipinski definition) is 6. The second kappa shape index (κ2) is 15.7. The average Bonchev–Trinajstić information content (AvgIpc) is 4.00. The van der Waals surface area contributed by atoms with Crippen LogP contribution in [0.1, 0.15) is 112 Å². The molecule has 0 radical (unpaired) electrons. The number of para-hydroxylation sites is 1. The Morgan fingerprint density at radius 2 is 1.56 bits per heavy atom. The zero-order valence-corrected chi connectivity index (χ0v) is 32.6. The summed E-state index contributed by atoms with van der Waals surface area (Å²) in [4.78, 5) is 18.9. The normalized spacial score (nSPS) is 20.5. The number of hydrogen-bond donors (Lipinski definition) is 1. The number of aliphatic carboxylic acids is 1. The first-order valence-electron chi connectivity index (χ1n) is 19.5. The fraction of sp³-hybridized carbons (Fsp3) is 0.422. The Morgan fingerprint density at radius 3 is 2.29 bits per heavy atom. The summed E-state index contributed by atoms with van der Waals surface area (Å²) in [5, 5.41) is 18.6. The van der Waals surface area contributed by atoms with E-state index in [2.05, 4.69) is 72.5 Å². The van der Waals surface area contributed by atoms with E-state index in [1.54, 1.807) is 34.3 Å². The van der Waals surface area contributed by atoms with Crippen LogP contribution in [0.4, 0.5) is 11.4 Å². The van der Waals surface area contributed by atoms with Gasteiger partial charge in [-0.05, 0) is 103 Å². The maximum absolute atomic E-state index is 11.4. The van der Waals surface area contributed by atoms with Gasteiger partial charge in [-0.2, -0.15) is 5.26 Å². The Balaban J connectivity index is 1.02. The van der Waals surface area contributed by atoms with Gasteiger partial charge in [0, 0.05) is 52.2 Å². The summed E-state index contributed by atoms with van der Waals surface area (Å²) in [5.74, 6) is 1.14. The Hall–Kier alpha value is -3.70. The van der Waals surface area contributed by atoms with Crippen LogP contribution < -0.4 is 4.90 Å². The number of carboxylic acid groups (broad SMARTS) is 1. The van der Waals surface area contributed by atoms with Crippen molar-refractivity contribution < 1.29 is 9.90 Å². The highest BCUT2D eigenvalue weighted by Crippen LogP contribution is 2.62. The van der Waals surface area contributed by atoms with Crippen LogP contribution in [0.2, 0.25) is 0 Å². The van der Waals surface area contributed by atoms with E-state index < -0.39 is 5.97 Å². The predicted octanol–water partition coefficient (Wildman–Crippen LogP) is 13.8. The van der Waals surface area contributed by atoms with E-state index >= 15 is 0 Å². The number of fused-ring (bicyclic) bond motifs is 8. The molecule has 7 heteroatoms. The number of anilines is 2. The minimum absolute atomic E-state index is 0.231. The molecule has 268 valence electrons. The molecular weight excluding hydrogens is 697 g/mol. The van der Waals surface area contributed by atoms with E-state index in [1.165, 1.54) is 127 Å². The van der Waals surface area contributed by atoms with E-state index in [4.69, 9.17) is 0 Å². The zero-order valence-electron chi connectivity index (χ0n) is 30.1. The van der Waals surface area contributed by atoms with E-state index in [1.807, 2.05) is 17.4 Å². The maximum atomic E-state index is 11.4. The van der Waals surface area contributed by atoms with E-state index in [9.17, 15) is 15.2 Å². The Morgan fingerprint density at radius 1 is 0.846 bits per heavy atom. The lowest BCUT2D eigenvalue weighted by molar-refractivity contribution is -0.132. The summed E-state index contributed by atoms with van der Waals surface area (Å²) in [7, 11) is 0. The van der Waals surface area contributed by atoms with Gasteiger partial charge < -0.3 is 10.0 Å². The van der Waals surface area contributed by atoms with Crippen molar-refractivity contribution in [3.05, 3.63) is 88.3 Å². The molecule has 2 saturated carbocycles. The van der Waals surface area contributed by atoms with Gasteiger partial charge in [0.2, 0.25) is 0 Å². The highest BCUT2D eigenvalue weighted by molar-refractivity contribution is 7.31. The van der Waals surface area contributed by atoms with Crippen LogP contribution in [0.25, 0.3) is 35.7 Å². The van der Waals surface area contributed by atoms with Crippen molar-refractivity contribution in [2.45, 2.75) is 109 Å². The maximum Gasteiger partial charge on any atom is 0.346 e. The zero-order chi connectivity index (χ0) is 35.6. The largest absolute Gasteiger partial charge is 0.477 e. The number of carbonyl (C=O) groups is 1. The molecule has 52 heavy (non-hydrogen) atoms. The molecule has 2 aromatic carbocycles. The monoisotopic (exact) mass is 744 g/mol. The summed E-state index contributed by atoms with van der Waals surface area (Å²) in [6.45, 7) is 2.28. The summed E-state index contributed by atoms with van der Waals surface area (Å²) in [5.41, 5.74) is 6.80. The van der Waals surface area contributed by atoms with Gasteiger partial charge >= 0.3 is 5.97 Å². The molecule has 2 aliphatic carbocycles. The molecule has 1 aliphatic heterocycles. The van der Waals surface area contributed by atoms with Crippen molar-refractivity contribution >= 4 is 66.8 Å². The van der Waals surface area contributed by atoms with Gasteiger partial charge in [-0.15, -0.1) is 34.0 Å². The van der Waals surface area contributed by atoms with Crippen molar-refractivity contribution in [1.82, 2.24) is 0 Å². The number of rotatable bonds is 16. The molecule has 0 saturated heterocycles. The molecule has 4 unspecified atom stereocenters. The van der Waals surface area contributed by atoms with Gasteiger partial charge in [0.15, 0.2) is 0 Å². The van der Waals surface area contributed by atoms with Crippen molar-refractivity contribution in [3.8, 4) is 26.3 Å². The number of aryl methyl sites for hydroxylation is 1. The Labute approximate surface area is 320 Å². The molecule has 2 bridgehead atoms. The molecule has 4 atom stereocenters. The molecule has 8 rings (SSSR count). The van der Waals surface area contributed by atoms with Crippen LogP contribution in [0.3, 0.4) is 0 Å². The van der Waals surface area contributed by atoms with Gasteiger partial charge in [-0.25, -0.2) is 4.79 Å². The topological polar surface area (TPSA) is 64.3 Å². The number of nitriles is 1. The number of carboxylic acids is 1. The Bertz CT molecular complexity index is 2080. The Kier molecular flexibility index (Phi) is 10.7. The lowest BCUT2D eigenvalue weighted by Crippen LogP contribution is -2.35. The minimum atomic E-state index is -1.18.